The molecule has 0 heterocycles. The average Bonchev–Trinajstić information content (AvgIpc) is 2.19. The lowest BCUT2D eigenvalue weighted by Crippen LogP contribution is -2.40. The van der Waals surface area contributed by atoms with Crippen molar-refractivity contribution in [1.82, 2.24) is 15.1 Å². The summed E-state index contributed by atoms with van der Waals surface area (Å²) in [4.78, 5) is 4.48. The fourth-order valence-corrected chi connectivity index (χ4v) is 1.64. The first-order valence-corrected chi connectivity index (χ1v) is 6.08. The molecule has 1 N–H and O–H groups in total. The number of ether oxygens (including phenoxy) is 1. The molecule has 0 aliphatic heterocycles. The smallest absolute Gasteiger partial charge is 0.0474 e. The van der Waals surface area contributed by atoms with E-state index in [9.17, 15) is 0 Å². The van der Waals surface area contributed by atoms with E-state index < -0.39 is 0 Å². The number of methoxy groups -OCH3 is 1. The van der Waals surface area contributed by atoms with Gasteiger partial charge in [-0.2, -0.15) is 0 Å². The zero-order valence-corrected chi connectivity index (χ0v) is 11.6. The van der Waals surface area contributed by atoms with Crippen LogP contribution in [0.5, 0.6) is 0 Å². The van der Waals surface area contributed by atoms with Crippen molar-refractivity contribution < 1.29 is 4.74 Å². The van der Waals surface area contributed by atoms with Gasteiger partial charge in [0.15, 0.2) is 0 Å². The van der Waals surface area contributed by atoms with Gasteiger partial charge in [0, 0.05) is 26.3 Å². The standard InChI is InChI=1S/C12H29N3O/c1-14(2)9-7-12(11-15(3)4)13-8-6-10-16-5/h12-13H,6-11H2,1-5H3. The highest BCUT2D eigenvalue weighted by atomic mass is 16.5. The lowest BCUT2D eigenvalue weighted by atomic mass is 10.2. The summed E-state index contributed by atoms with van der Waals surface area (Å²) in [5.74, 6) is 0. The number of likely N-dealkylation sites (N-methyl/N-ethyl adjacent to an activating group) is 1. The minimum Gasteiger partial charge on any atom is -0.385 e. The summed E-state index contributed by atoms with van der Waals surface area (Å²) < 4.78 is 5.04. The van der Waals surface area contributed by atoms with Gasteiger partial charge in [-0.1, -0.05) is 0 Å². The third-order valence-electron chi connectivity index (χ3n) is 2.47. The van der Waals surface area contributed by atoms with E-state index in [2.05, 4.69) is 43.3 Å². The van der Waals surface area contributed by atoms with Crippen LogP contribution < -0.4 is 5.32 Å². The topological polar surface area (TPSA) is 27.7 Å². The summed E-state index contributed by atoms with van der Waals surface area (Å²) in [6, 6.07) is 0.578. The lowest BCUT2D eigenvalue weighted by Gasteiger charge is -2.24. The Morgan fingerprint density at radius 1 is 1.12 bits per heavy atom. The van der Waals surface area contributed by atoms with Crippen LogP contribution in [0.15, 0.2) is 0 Å². The fourth-order valence-electron chi connectivity index (χ4n) is 1.64. The van der Waals surface area contributed by atoms with Gasteiger partial charge in [0.25, 0.3) is 0 Å². The Morgan fingerprint density at radius 2 is 1.81 bits per heavy atom. The van der Waals surface area contributed by atoms with Crippen LogP contribution in [0.25, 0.3) is 0 Å². The lowest BCUT2D eigenvalue weighted by molar-refractivity contribution is 0.191. The molecule has 4 heteroatoms. The van der Waals surface area contributed by atoms with Gasteiger partial charge in [0.2, 0.25) is 0 Å². The van der Waals surface area contributed by atoms with Crippen molar-refractivity contribution >= 4 is 0 Å². The molecule has 0 radical (unpaired) electrons. The van der Waals surface area contributed by atoms with Crippen molar-refractivity contribution in [3.05, 3.63) is 0 Å². The Hall–Kier alpha value is -0.160. The Morgan fingerprint density at radius 3 is 2.31 bits per heavy atom. The highest BCUT2D eigenvalue weighted by Crippen LogP contribution is 1.96. The molecule has 0 bridgehead atoms. The van der Waals surface area contributed by atoms with Crippen molar-refractivity contribution in [1.29, 1.82) is 0 Å². The maximum Gasteiger partial charge on any atom is 0.0474 e. The summed E-state index contributed by atoms with van der Waals surface area (Å²) in [6.07, 6.45) is 2.28. The molecule has 0 amide bonds. The molecule has 0 saturated heterocycles. The van der Waals surface area contributed by atoms with Gasteiger partial charge < -0.3 is 19.9 Å². The summed E-state index contributed by atoms with van der Waals surface area (Å²) in [5.41, 5.74) is 0. The van der Waals surface area contributed by atoms with E-state index >= 15 is 0 Å². The third-order valence-corrected chi connectivity index (χ3v) is 2.47. The molecule has 0 rings (SSSR count). The molecule has 0 aromatic carbocycles. The molecular formula is C12H29N3O. The zero-order valence-electron chi connectivity index (χ0n) is 11.6. The van der Waals surface area contributed by atoms with Gasteiger partial charge in [-0.25, -0.2) is 0 Å². The molecule has 1 atom stereocenters. The van der Waals surface area contributed by atoms with Gasteiger partial charge in [0.05, 0.1) is 0 Å². The first-order chi connectivity index (χ1) is 7.56. The summed E-state index contributed by atoms with van der Waals surface area (Å²) in [6.45, 7) is 4.12. The molecule has 16 heavy (non-hydrogen) atoms. The third kappa shape index (κ3) is 10.4. The highest BCUT2D eigenvalue weighted by Gasteiger charge is 2.09. The van der Waals surface area contributed by atoms with Gasteiger partial charge in [-0.05, 0) is 54.1 Å². The van der Waals surface area contributed by atoms with E-state index in [1.165, 1.54) is 6.42 Å². The van der Waals surface area contributed by atoms with Crippen molar-refractivity contribution in [2.75, 3.05) is 61.5 Å². The second kappa shape index (κ2) is 10.0. The molecule has 0 aliphatic carbocycles. The number of hydrogen-bond acceptors (Lipinski definition) is 4. The Bertz CT molecular complexity index is 151. The summed E-state index contributed by atoms with van der Waals surface area (Å²) in [5, 5.41) is 3.59. The molecule has 0 aromatic heterocycles. The first kappa shape index (κ1) is 15.8. The van der Waals surface area contributed by atoms with Crippen LogP contribution in [-0.2, 0) is 4.74 Å². The van der Waals surface area contributed by atoms with Crippen molar-refractivity contribution in [2.24, 2.45) is 0 Å². The van der Waals surface area contributed by atoms with E-state index in [0.717, 1.165) is 32.7 Å². The molecule has 0 fully saturated rings. The Labute approximate surface area is 101 Å². The summed E-state index contributed by atoms with van der Waals surface area (Å²) >= 11 is 0. The maximum atomic E-state index is 5.04. The normalized spacial score (nSPS) is 13.7. The molecule has 0 aromatic rings. The van der Waals surface area contributed by atoms with Crippen LogP contribution in [0.4, 0.5) is 0 Å². The molecule has 4 nitrogen and oxygen atoms in total. The molecule has 0 spiro atoms. The predicted molar refractivity (Wildman–Crippen MR) is 70.0 cm³/mol. The SMILES string of the molecule is COCCCNC(CCN(C)C)CN(C)C. The van der Waals surface area contributed by atoms with E-state index in [4.69, 9.17) is 4.74 Å². The zero-order chi connectivity index (χ0) is 12.4. The molecule has 98 valence electrons. The minimum absolute atomic E-state index is 0.578. The summed E-state index contributed by atoms with van der Waals surface area (Å²) in [7, 11) is 10.2. The van der Waals surface area contributed by atoms with E-state index in [-0.39, 0.29) is 0 Å². The van der Waals surface area contributed by atoms with E-state index in [1.807, 2.05) is 0 Å². The van der Waals surface area contributed by atoms with Crippen molar-refractivity contribution in [3.8, 4) is 0 Å². The van der Waals surface area contributed by atoms with Crippen molar-refractivity contribution in [2.45, 2.75) is 18.9 Å². The average molecular weight is 231 g/mol. The van der Waals surface area contributed by atoms with Crippen molar-refractivity contribution in [3.63, 3.8) is 0 Å². The molecular weight excluding hydrogens is 202 g/mol. The maximum absolute atomic E-state index is 5.04. The number of nitrogens with one attached hydrogen (secondary N) is 1. The highest BCUT2D eigenvalue weighted by molar-refractivity contribution is 4.70. The Balaban J connectivity index is 3.72. The molecule has 0 saturated carbocycles. The monoisotopic (exact) mass is 231 g/mol. The number of rotatable bonds is 10. The van der Waals surface area contributed by atoms with Crippen LogP contribution in [0, 0.1) is 0 Å². The van der Waals surface area contributed by atoms with Gasteiger partial charge in [-0.15, -0.1) is 0 Å². The van der Waals surface area contributed by atoms with Crippen LogP contribution in [-0.4, -0.2) is 77.4 Å². The van der Waals surface area contributed by atoms with E-state index in [1.54, 1.807) is 7.11 Å². The number of hydrogen-bond donors (Lipinski definition) is 1. The van der Waals surface area contributed by atoms with Gasteiger partial charge in [-0.3, -0.25) is 0 Å². The fraction of sp³-hybridized carbons (Fsp3) is 1.00. The van der Waals surface area contributed by atoms with Gasteiger partial charge in [0.1, 0.15) is 0 Å². The second-order valence-corrected chi connectivity index (χ2v) is 4.85. The van der Waals surface area contributed by atoms with Crippen LogP contribution >= 0.6 is 0 Å². The van der Waals surface area contributed by atoms with Crippen LogP contribution in [0.3, 0.4) is 0 Å². The second-order valence-electron chi connectivity index (χ2n) is 4.85. The minimum atomic E-state index is 0.578. The largest absolute Gasteiger partial charge is 0.385 e. The first-order valence-electron chi connectivity index (χ1n) is 6.08. The molecule has 0 aliphatic rings. The van der Waals surface area contributed by atoms with Crippen LogP contribution in [0.1, 0.15) is 12.8 Å². The molecule has 1 unspecified atom stereocenters. The Kier molecular flexibility index (Phi) is 9.92. The quantitative estimate of drug-likeness (QED) is 0.554. The predicted octanol–water partition coefficient (Wildman–Crippen LogP) is 0.494. The van der Waals surface area contributed by atoms with Crippen LogP contribution in [0.2, 0.25) is 0 Å². The van der Waals surface area contributed by atoms with E-state index in [0.29, 0.717) is 6.04 Å². The van der Waals surface area contributed by atoms with Gasteiger partial charge >= 0.3 is 0 Å². The number of nitrogens with zero attached hydrogens (tertiary/aromatic N) is 2.